The molecule has 56 heavy (non-hydrogen) atoms. The molecule has 1 aliphatic rings. The van der Waals surface area contributed by atoms with Gasteiger partial charge in [-0.2, -0.15) is 0 Å². The number of rotatable bonds is 15. The minimum Gasteiger partial charge on any atom is -0.488 e. The second kappa shape index (κ2) is 16.8. The first-order valence-corrected chi connectivity index (χ1v) is 18.7. The predicted octanol–water partition coefficient (Wildman–Crippen LogP) is 5.99. The van der Waals surface area contributed by atoms with Crippen LogP contribution in [0.4, 0.5) is 4.79 Å². The summed E-state index contributed by atoms with van der Waals surface area (Å²) >= 11 is 0. The number of fused-ring (bicyclic) bond motifs is 6. The van der Waals surface area contributed by atoms with Crippen molar-refractivity contribution >= 4 is 46.1 Å². The molecular formula is C42H44N8O6. The van der Waals surface area contributed by atoms with E-state index in [1.54, 1.807) is 16.0 Å². The van der Waals surface area contributed by atoms with Gasteiger partial charge in [0, 0.05) is 24.0 Å². The fraction of sp³-hybridized carbons (Fsp3) is 0.286. The van der Waals surface area contributed by atoms with Gasteiger partial charge in [-0.1, -0.05) is 62.4 Å². The van der Waals surface area contributed by atoms with Gasteiger partial charge in [0.1, 0.15) is 36.6 Å². The maximum Gasteiger partial charge on any atom is 0.407 e. The average molecular weight is 757 g/mol. The number of hydrogen-bond acceptors (Lipinski definition) is 8. The molecule has 4 N–H and O–H groups in total. The van der Waals surface area contributed by atoms with E-state index in [-0.39, 0.29) is 31.4 Å². The molecule has 3 heterocycles. The van der Waals surface area contributed by atoms with Gasteiger partial charge in [0.15, 0.2) is 0 Å². The van der Waals surface area contributed by atoms with Gasteiger partial charge in [-0.3, -0.25) is 14.4 Å². The summed E-state index contributed by atoms with van der Waals surface area (Å²) in [5.41, 5.74) is 7.19. The van der Waals surface area contributed by atoms with E-state index in [9.17, 15) is 19.2 Å². The van der Waals surface area contributed by atoms with E-state index in [4.69, 9.17) is 9.72 Å². The number of nitrogens with one attached hydrogen (secondary N) is 4. The van der Waals surface area contributed by atoms with Crippen LogP contribution < -0.4 is 15.4 Å². The Labute approximate surface area is 323 Å². The summed E-state index contributed by atoms with van der Waals surface area (Å²) in [5, 5.41) is 7.08. The minimum absolute atomic E-state index is 0.163. The molecule has 2 aromatic heterocycles. The quantitative estimate of drug-likeness (QED) is 0.0926. The second-order valence-corrected chi connectivity index (χ2v) is 13.7. The highest BCUT2D eigenvalue weighted by molar-refractivity contribution is 6.07. The standard InChI is InChI=1S/C42H44N8O6/c1-4-15-49(38(52)21-44-42(54)55-3)23-37-46-33-14-12-27-18-32-30-13-11-28(17-29(30)24-56-35(32)19-31(27)40(33)48-37)34-20-43-36(47-34)22-50(16-5-2)41(53)39(45-25-51)26-9-7-6-8-10-26/h6-14,17-20,25,39H,4-5,15-16,21-24H2,1-3H3,(H,43,47)(H,44,54)(H,45,51)(H,46,48)/t39-/m1/s1. The summed E-state index contributed by atoms with van der Waals surface area (Å²) < 4.78 is 10.9. The number of H-pyrrole nitrogens is 2. The van der Waals surface area contributed by atoms with E-state index in [2.05, 4.69) is 54.6 Å². The summed E-state index contributed by atoms with van der Waals surface area (Å²) in [5.74, 6) is 1.60. The van der Waals surface area contributed by atoms with Gasteiger partial charge in [0.2, 0.25) is 18.2 Å². The van der Waals surface area contributed by atoms with Gasteiger partial charge in [-0.15, -0.1) is 0 Å². The Kier molecular flexibility index (Phi) is 11.3. The van der Waals surface area contributed by atoms with Crippen LogP contribution in [0.15, 0.2) is 79.0 Å². The third kappa shape index (κ3) is 7.90. The molecule has 0 aliphatic carbocycles. The Bertz CT molecular complexity index is 2390. The predicted molar refractivity (Wildman–Crippen MR) is 211 cm³/mol. The van der Waals surface area contributed by atoms with Crippen molar-refractivity contribution in [3.8, 4) is 28.1 Å². The number of hydrogen-bond donors (Lipinski definition) is 4. The van der Waals surface area contributed by atoms with Crippen LogP contribution in [-0.4, -0.2) is 80.8 Å². The minimum atomic E-state index is -0.791. The van der Waals surface area contributed by atoms with Crippen molar-refractivity contribution in [3.63, 3.8) is 0 Å². The first-order chi connectivity index (χ1) is 27.3. The van der Waals surface area contributed by atoms with Gasteiger partial charge in [-0.25, -0.2) is 14.8 Å². The molecule has 0 saturated carbocycles. The molecule has 1 atom stereocenters. The Balaban J connectivity index is 1.10. The molecule has 0 saturated heterocycles. The Morgan fingerprint density at radius 2 is 1.71 bits per heavy atom. The van der Waals surface area contributed by atoms with Crippen LogP contribution in [0.1, 0.15) is 55.5 Å². The molecule has 14 heteroatoms. The number of nitrogens with zero attached hydrogens (tertiary/aromatic N) is 4. The van der Waals surface area contributed by atoms with Crippen LogP contribution in [0, 0.1) is 0 Å². The molecule has 0 radical (unpaired) electrons. The number of ether oxygens (including phenoxy) is 2. The molecule has 1 aliphatic heterocycles. The molecule has 0 fully saturated rings. The molecule has 7 rings (SSSR count). The van der Waals surface area contributed by atoms with Gasteiger partial charge in [-0.05, 0) is 64.7 Å². The van der Waals surface area contributed by atoms with Crippen LogP contribution >= 0.6 is 0 Å². The van der Waals surface area contributed by atoms with Gasteiger partial charge >= 0.3 is 6.09 Å². The Morgan fingerprint density at radius 1 is 0.929 bits per heavy atom. The number of aromatic amines is 2. The fourth-order valence-electron chi connectivity index (χ4n) is 7.17. The van der Waals surface area contributed by atoms with Crippen molar-refractivity contribution in [1.82, 2.24) is 40.4 Å². The third-order valence-corrected chi connectivity index (χ3v) is 9.85. The Hall–Kier alpha value is -6.70. The molecule has 14 nitrogen and oxygen atoms in total. The highest BCUT2D eigenvalue weighted by Gasteiger charge is 2.27. The number of alkyl carbamates (subject to hydrolysis) is 1. The molecule has 0 unspecified atom stereocenters. The third-order valence-electron chi connectivity index (χ3n) is 9.85. The SMILES string of the molecule is CCCN(Cc1nc2c(ccc3cc4c(cc32)OCc2cc(-c3cnc(CN(CCC)C(=O)[C@H](NC=O)c5ccccc5)[nH]3)ccc2-4)[nH]1)C(=O)CNC(=O)OC. The molecule has 288 valence electrons. The molecule has 4 aromatic carbocycles. The van der Waals surface area contributed by atoms with Crippen LogP contribution in [0.5, 0.6) is 5.75 Å². The van der Waals surface area contributed by atoms with Gasteiger partial charge in [0.05, 0.1) is 43.1 Å². The molecule has 4 amide bonds. The van der Waals surface area contributed by atoms with Crippen LogP contribution in [0.25, 0.3) is 44.2 Å². The van der Waals surface area contributed by atoms with Crippen molar-refractivity contribution in [1.29, 1.82) is 0 Å². The number of imidazole rings is 2. The van der Waals surface area contributed by atoms with Crippen LogP contribution in [0.3, 0.4) is 0 Å². The summed E-state index contributed by atoms with van der Waals surface area (Å²) in [6.45, 7) is 5.76. The zero-order chi connectivity index (χ0) is 39.2. The number of amides is 4. The van der Waals surface area contributed by atoms with E-state index in [1.165, 1.54) is 7.11 Å². The lowest BCUT2D eigenvalue weighted by atomic mass is 9.92. The van der Waals surface area contributed by atoms with Gasteiger partial charge < -0.3 is 39.9 Å². The fourth-order valence-corrected chi connectivity index (χ4v) is 7.17. The summed E-state index contributed by atoms with van der Waals surface area (Å²) in [6, 6.07) is 22.9. The topological polar surface area (TPSA) is 175 Å². The van der Waals surface area contributed by atoms with E-state index >= 15 is 0 Å². The maximum atomic E-state index is 13.7. The van der Waals surface area contributed by atoms with Crippen molar-refractivity contribution in [2.24, 2.45) is 0 Å². The van der Waals surface area contributed by atoms with E-state index in [0.717, 1.165) is 68.3 Å². The monoisotopic (exact) mass is 756 g/mol. The number of methoxy groups -OCH3 is 1. The van der Waals surface area contributed by atoms with E-state index < -0.39 is 12.1 Å². The highest BCUT2D eigenvalue weighted by atomic mass is 16.5. The van der Waals surface area contributed by atoms with Crippen molar-refractivity contribution in [2.75, 3.05) is 26.7 Å². The Morgan fingerprint density at radius 3 is 2.48 bits per heavy atom. The number of carbonyl (C=O) groups is 4. The number of benzene rings is 4. The summed E-state index contributed by atoms with van der Waals surface area (Å²) in [4.78, 5) is 69.1. The second-order valence-electron chi connectivity index (χ2n) is 13.7. The number of carbonyl (C=O) groups excluding carboxylic acids is 4. The highest BCUT2D eigenvalue weighted by Crippen LogP contribution is 2.42. The first-order valence-electron chi connectivity index (χ1n) is 18.7. The van der Waals surface area contributed by atoms with Crippen LogP contribution in [0.2, 0.25) is 0 Å². The van der Waals surface area contributed by atoms with E-state index in [1.807, 2.05) is 62.4 Å². The van der Waals surface area contributed by atoms with Crippen LogP contribution in [-0.2, 0) is 38.8 Å². The average Bonchev–Trinajstić information content (AvgIpc) is 3.88. The smallest absolute Gasteiger partial charge is 0.407 e. The lowest BCUT2D eigenvalue weighted by Crippen LogP contribution is -2.40. The maximum absolute atomic E-state index is 13.7. The van der Waals surface area contributed by atoms with Gasteiger partial charge in [0.25, 0.3) is 0 Å². The van der Waals surface area contributed by atoms with Crippen molar-refractivity contribution in [2.45, 2.75) is 52.4 Å². The summed E-state index contributed by atoms with van der Waals surface area (Å²) in [6.07, 6.45) is 3.17. The summed E-state index contributed by atoms with van der Waals surface area (Å²) in [7, 11) is 1.26. The van der Waals surface area contributed by atoms with Crippen molar-refractivity contribution < 1.29 is 28.7 Å². The largest absolute Gasteiger partial charge is 0.488 e. The first kappa shape index (κ1) is 37.6. The molecule has 0 bridgehead atoms. The zero-order valence-corrected chi connectivity index (χ0v) is 31.6. The number of aromatic nitrogens is 4. The molecule has 0 spiro atoms. The molecule has 6 aromatic rings. The lowest BCUT2D eigenvalue weighted by Gasteiger charge is -2.26. The van der Waals surface area contributed by atoms with E-state index in [0.29, 0.717) is 43.3 Å². The van der Waals surface area contributed by atoms with Crippen molar-refractivity contribution in [3.05, 3.63) is 102 Å². The zero-order valence-electron chi connectivity index (χ0n) is 31.6. The normalized spacial score (nSPS) is 12.3. The molecular weight excluding hydrogens is 713 g/mol. The lowest BCUT2D eigenvalue weighted by molar-refractivity contribution is -0.135.